The van der Waals surface area contributed by atoms with Crippen LogP contribution >= 0.6 is 0 Å². The van der Waals surface area contributed by atoms with E-state index in [0.29, 0.717) is 11.8 Å². The Labute approximate surface area is 95.1 Å². The third-order valence-electron chi connectivity index (χ3n) is 2.86. The number of hydrogen-bond donors (Lipinski definition) is 0. The molecule has 0 aliphatic carbocycles. The Bertz CT molecular complexity index is 512. The van der Waals surface area contributed by atoms with Crippen LogP contribution < -0.4 is 0 Å². The second-order valence-electron chi connectivity index (χ2n) is 4.83. The molecule has 0 saturated heterocycles. The first-order valence-corrected chi connectivity index (χ1v) is 5.67. The SMILES string of the molecule is CC(C)c1cc(C(C)C)c2nc(F)cn2c1. The molecule has 0 spiro atoms. The lowest BCUT2D eigenvalue weighted by Gasteiger charge is -2.12. The Balaban J connectivity index is 2.73. The molecule has 2 aromatic rings. The van der Waals surface area contributed by atoms with Crippen LogP contribution in [0.25, 0.3) is 5.65 Å². The molecule has 2 heterocycles. The minimum absolute atomic E-state index is 0.350. The first-order valence-electron chi connectivity index (χ1n) is 5.67. The summed E-state index contributed by atoms with van der Waals surface area (Å²) in [6.45, 7) is 8.48. The predicted octanol–water partition coefficient (Wildman–Crippen LogP) is 3.72. The van der Waals surface area contributed by atoms with Crippen molar-refractivity contribution in [2.45, 2.75) is 39.5 Å². The first kappa shape index (κ1) is 11.1. The molecule has 0 aliphatic rings. The summed E-state index contributed by atoms with van der Waals surface area (Å²) in [5.74, 6) is 0.373. The lowest BCUT2D eigenvalue weighted by atomic mass is 9.98. The van der Waals surface area contributed by atoms with Gasteiger partial charge in [0.25, 0.3) is 0 Å². The van der Waals surface area contributed by atoms with Crippen LogP contribution in [-0.4, -0.2) is 9.38 Å². The summed E-state index contributed by atoms with van der Waals surface area (Å²) in [4.78, 5) is 3.93. The number of aromatic nitrogens is 2. The Morgan fingerprint density at radius 3 is 2.38 bits per heavy atom. The minimum Gasteiger partial charge on any atom is -0.303 e. The third kappa shape index (κ3) is 1.82. The van der Waals surface area contributed by atoms with E-state index in [2.05, 4.69) is 38.7 Å². The van der Waals surface area contributed by atoms with Crippen LogP contribution in [0.3, 0.4) is 0 Å². The molecule has 0 amide bonds. The second kappa shape index (κ2) is 3.89. The van der Waals surface area contributed by atoms with Crippen LogP contribution in [0, 0.1) is 5.95 Å². The van der Waals surface area contributed by atoms with E-state index in [1.807, 2.05) is 6.20 Å². The number of rotatable bonds is 2. The van der Waals surface area contributed by atoms with E-state index in [4.69, 9.17) is 0 Å². The van der Waals surface area contributed by atoms with Gasteiger partial charge in [0.15, 0.2) is 0 Å². The van der Waals surface area contributed by atoms with Gasteiger partial charge in [-0.05, 0) is 23.0 Å². The van der Waals surface area contributed by atoms with Crippen molar-refractivity contribution in [2.75, 3.05) is 0 Å². The zero-order chi connectivity index (χ0) is 11.9. The molecular formula is C13H17FN2. The number of hydrogen-bond acceptors (Lipinski definition) is 1. The van der Waals surface area contributed by atoms with Gasteiger partial charge in [0.05, 0.1) is 6.20 Å². The highest BCUT2D eigenvalue weighted by Crippen LogP contribution is 2.25. The van der Waals surface area contributed by atoms with Gasteiger partial charge in [-0.3, -0.25) is 0 Å². The van der Waals surface area contributed by atoms with Gasteiger partial charge < -0.3 is 4.40 Å². The quantitative estimate of drug-likeness (QED) is 0.754. The summed E-state index contributed by atoms with van der Waals surface area (Å²) in [6.07, 6.45) is 3.40. The van der Waals surface area contributed by atoms with Gasteiger partial charge in [0, 0.05) is 6.20 Å². The van der Waals surface area contributed by atoms with E-state index in [-0.39, 0.29) is 0 Å². The highest BCUT2D eigenvalue weighted by atomic mass is 19.1. The Morgan fingerprint density at radius 2 is 1.81 bits per heavy atom. The summed E-state index contributed by atoms with van der Waals surface area (Å²) < 4.78 is 15.0. The van der Waals surface area contributed by atoms with Crippen molar-refractivity contribution in [3.63, 3.8) is 0 Å². The monoisotopic (exact) mass is 220 g/mol. The molecule has 86 valence electrons. The van der Waals surface area contributed by atoms with Gasteiger partial charge in [-0.15, -0.1) is 0 Å². The molecule has 3 heteroatoms. The van der Waals surface area contributed by atoms with E-state index in [0.717, 1.165) is 11.2 Å². The minimum atomic E-state index is -0.414. The van der Waals surface area contributed by atoms with E-state index in [1.54, 1.807) is 4.40 Å². The van der Waals surface area contributed by atoms with Crippen molar-refractivity contribution in [2.24, 2.45) is 0 Å². The molecule has 2 aromatic heterocycles. The van der Waals surface area contributed by atoms with Crippen molar-refractivity contribution in [1.29, 1.82) is 0 Å². The summed E-state index contributed by atoms with van der Waals surface area (Å²) in [6, 6.07) is 2.14. The lowest BCUT2D eigenvalue weighted by Crippen LogP contribution is -1.99. The summed E-state index contributed by atoms with van der Waals surface area (Å²) in [5, 5.41) is 0. The topological polar surface area (TPSA) is 17.3 Å². The van der Waals surface area contributed by atoms with Crippen LogP contribution in [0.5, 0.6) is 0 Å². The van der Waals surface area contributed by atoms with Gasteiger partial charge in [-0.25, -0.2) is 4.98 Å². The maximum absolute atomic E-state index is 13.2. The zero-order valence-corrected chi connectivity index (χ0v) is 10.2. The molecule has 0 atom stereocenters. The van der Waals surface area contributed by atoms with E-state index in [1.165, 1.54) is 11.8 Å². The van der Waals surface area contributed by atoms with Crippen LogP contribution in [-0.2, 0) is 0 Å². The largest absolute Gasteiger partial charge is 0.303 e. The number of fused-ring (bicyclic) bond motifs is 1. The smallest absolute Gasteiger partial charge is 0.231 e. The van der Waals surface area contributed by atoms with Crippen LogP contribution in [0.2, 0.25) is 0 Å². The standard InChI is InChI=1S/C13H17FN2/c1-8(2)10-5-11(9(3)4)13-15-12(14)7-16(13)6-10/h5-9H,1-4H3. The van der Waals surface area contributed by atoms with Crippen molar-refractivity contribution in [3.05, 3.63) is 35.5 Å². The number of pyridine rings is 1. The highest BCUT2D eigenvalue weighted by Gasteiger charge is 2.12. The molecule has 0 aromatic carbocycles. The highest BCUT2D eigenvalue weighted by molar-refractivity contribution is 5.51. The molecule has 0 aliphatic heterocycles. The van der Waals surface area contributed by atoms with Crippen LogP contribution in [0.15, 0.2) is 18.5 Å². The van der Waals surface area contributed by atoms with E-state index < -0.39 is 5.95 Å². The molecule has 0 radical (unpaired) electrons. The van der Waals surface area contributed by atoms with E-state index in [9.17, 15) is 4.39 Å². The first-order chi connectivity index (χ1) is 7.49. The maximum atomic E-state index is 13.2. The normalized spacial score (nSPS) is 11.9. The summed E-state index contributed by atoms with van der Waals surface area (Å²) in [5.41, 5.74) is 3.06. The molecular weight excluding hydrogens is 203 g/mol. The average Bonchev–Trinajstić information content (AvgIpc) is 2.55. The molecule has 0 fully saturated rings. The fourth-order valence-corrected chi connectivity index (χ4v) is 1.86. The Morgan fingerprint density at radius 1 is 1.12 bits per heavy atom. The molecule has 0 unspecified atom stereocenters. The Hall–Kier alpha value is -1.38. The van der Waals surface area contributed by atoms with Gasteiger partial charge in [0.1, 0.15) is 5.65 Å². The van der Waals surface area contributed by atoms with Crippen molar-refractivity contribution >= 4 is 5.65 Å². The molecule has 0 N–H and O–H groups in total. The molecule has 16 heavy (non-hydrogen) atoms. The number of imidazole rings is 1. The molecule has 2 nitrogen and oxygen atoms in total. The van der Waals surface area contributed by atoms with Crippen molar-refractivity contribution < 1.29 is 4.39 Å². The molecule has 0 bridgehead atoms. The predicted molar refractivity (Wildman–Crippen MR) is 63.3 cm³/mol. The summed E-state index contributed by atoms with van der Waals surface area (Å²) in [7, 11) is 0. The van der Waals surface area contributed by atoms with Gasteiger partial charge >= 0.3 is 0 Å². The number of halogens is 1. The van der Waals surface area contributed by atoms with E-state index >= 15 is 0 Å². The maximum Gasteiger partial charge on any atom is 0.231 e. The van der Waals surface area contributed by atoms with Crippen LogP contribution in [0.1, 0.15) is 50.7 Å². The fraction of sp³-hybridized carbons (Fsp3) is 0.462. The van der Waals surface area contributed by atoms with Crippen LogP contribution in [0.4, 0.5) is 4.39 Å². The van der Waals surface area contributed by atoms with Gasteiger partial charge in [0.2, 0.25) is 5.95 Å². The van der Waals surface area contributed by atoms with Crippen molar-refractivity contribution in [1.82, 2.24) is 9.38 Å². The Kier molecular flexibility index (Phi) is 2.70. The summed E-state index contributed by atoms with van der Waals surface area (Å²) >= 11 is 0. The zero-order valence-electron chi connectivity index (χ0n) is 10.2. The molecule has 0 saturated carbocycles. The fourth-order valence-electron chi connectivity index (χ4n) is 1.86. The van der Waals surface area contributed by atoms with Crippen molar-refractivity contribution in [3.8, 4) is 0 Å². The average molecular weight is 220 g/mol. The van der Waals surface area contributed by atoms with Gasteiger partial charge in [-0.2, -0.15) is 4.39 Å². The third-order valence-corrected chi connectivity index (χ3v) is 2.86. The van der Waals surface area contributed by atoms with Gasteiger partial charge in [-0.1, -0.05) is 33.8 Å². The lowest BCUT2D eigenvalue weighted by molar-refractivity contribution is 0.592. The second-order valence-corrected chi connectivity index (χ2v) is 4.83. The number of nitrogens with zero attached hydrogens (tertiary/aromatic N) is 2. The molecule has 2 rings (SSSR count).